The zero-order chi connectivity index (χ0) is 13.3. The van der Waals surface area contributed by atoms with E-state index in [2.05, 4.69) is 0 Å². The fourth-order valence-electron chi connectivity index (χ4n) is 2.24. The van der Waals surface area contributed by atoms with E-state index in [0.717, 1.165) is 5.56 Å². The summed E-state index contributed by atoms with van der Waals surface area (Å²) >= 11 is 0. The van der Waals surface area contributed by atoms with Crippen LogP contribution in [-0.2, 0) is 4.79 Å². The average molecular weight is 249 g/mol. The highest BCUT2D eigenvalue weighted by Gasteiger charge is 2.35. The van der Waals surface area contributed by atoms with Crippen molar-refractivity contribution >= 4 is 11.9 Å². The highest BCUT2D eigenvalue weighted by molar-refractivity contribution is 5.99. The van der Waals surface area contributed by atoms with Crippen molar-refractivity contribution in [1.82, 2.24) is 4.90 Å². The lowest BCUT2D eigenvalue weighted by molar-refractivity contribution is -0.141. The Hall–Kier alpha value is -2.04. The number of amides is 1. The van der Waals surface area contributed by atoms with Crippen LogP contribution in [0.5, 0.6) is 5.75 Å². The van der Waals surface area contributed by atoms with Crippen LogP contribution in [-0.4, -0.2) is 39.6 Å². The van der Waals surface area contributed by atoms with E-state index in [1.165, 1.54) is 17.0 Å². The molecule has 5 heteroatoms. The van der Waals surface area contributed by atoms with Crippen molar-refractivity contribution < 1.29 is 19.8 Å². The quantitative estimate of drug-likeness (QED) is 0.830. The Morgan fingerprint density at radius 3 is 2.72 bits per heavy atom. The topological polar surface area (TPSA) is 77.8 Å². The van der Waals surface area contributed by atoms with Crippen molar-refractivity contribution in [3.63, 3.8) is 0 Å². The van der Waals surface area contributed by atoms with Gasteiger partial charge < -0.3 is 15.1 Å². The van der Waals surface area contributed by atoms with Gasteiger partial charge in [0.05, 0.1) is 5.56 Å². The molecule has 1 aromatic carbocycles. The number of carbonyl (C=O) groups is 2. The maximum atomic E-state index is 12.2. The number of carboxylic acid groups (broad SMARTS) is 1. The van der Waals surface area contributed by atoms with Crippen LogP contribution in [0.15, 0.2) is 18.2 Å². The zero-order valence-electron chi connectivity index (χ0n) is 10.1. The first-order valence-electron chi connectivity index (χ1n) is 5.84. The number of phenolic OH excluding ortho intramolecular Hbond substituents is 1. The average Bonchev–Trinajstić information content (AvgIpc) is 2.77. The van der Waals surface area contributed by atoms with E-state index in [-0.39, 0.29) is 11.3 Å². The van der Waals surface area contributed by atoms with Crippen molar-refractivity contribution in [2.24, 2.45) is 0 Å². The molecule has 2 N–H and O–H groups in total. The fourth-order valence-corrected chi connectivity index (χ4v) is 2.24. The fraction of sp³-hybridized carbons (Fsp3) is 0.385. The molecular weight excluding hydrogens is 234 g/mol. The van der Waals surface area contributed by atoms with Gasteiger partial charge in [0.25, 0.3) is 5.91 Å². The zero-order valence-corrected chi connectivity index (χ0v) is 10.1. The summed E-state index contributed by atoms with van der Waals surface area (Å²) in [6.45, 7) is 2.23. The molecule has 2 rings (SSSR count). The molecule has 0 radical (unpaired) electrons. The third-order valence-corrected chi connectivity index (χ3v) is 3.18. The van der Waals surface area contributed by atoms with Gasteiger partial charge in [0.2, 0.25) is 0 Å². The van der Waals surface area contributed by atoms with Gasteiger partial charge in [0.15, 0.2) is 0 Å². The summed E-state index contributed by atoms with van der Waals surface area (Å²) in [5.41, 5.74) is 1.01. The van der Waals surface area contributed by atoms with Crippen molar-refractivity contribution in [3.05, 3.63) is 29.3 Å². The normalized spacial score (nSPS) is 18.9. The number of phenols is 1. The van der Waals surface area contributed by atoms with Crippen LogP contribution in [0, 0.1) is 6.92 Å². The first-order valence-corrected chi connectivity index (χ1v) is 5.84. The minimum Gasteiger partial charge on any atom is -0.507 e. The van der Waals surface area contributed by atoms with Gasteiger partial charge >= 0.3 is 5.97 Å². The Labute approximate surface area is 105 Å². The lowest BCUT2D eigenvalue weighted by Gasteiger charge is -2.21. The molecule has 1 saturated heterocycles. The second-order valence-corrected chi connectivity index (χ2v) is 4.52. The number of rotatable bonds is 2. The number of hydrogen-bond donors (Lipinski definition) is 2. The number of aromatic hydroxyl groups is 1. The maximum Gasteiger partial charge on any atom is 0.326 e. The molecule has 0 aliphatic carbocycles. The first-order chi connectivity index (χ1) is 8.50. The van der Waals surface area contributed by atoms with E-state index in [9.17, 15) is 14.7 Å². The Morgan fingerprint density at radius 2 is 2.11 bits per heavy atom. The molecule has 0 aromatic heterocycles. The molecule has 1 amide bonds. The summed E-state index contributed by atoms with van der Waals surface area (Å²) in [5.74, 6) is -1.51. The Balaban J connectivity index is 2.28. The molecule has 1 fully saturated rings. The van der Waals surface area contributed by atoms with Gasteiger partial charge in [-0.15, -0.1) is 0 Å². The lowest BCUT2D eigenvalue weighted by Crippen LogP contribution is -2.40. The number of carbonyl (C=O) groups excluding carboxylic acids is 1. The molecule has 0 bridgehead atoms. The molecule has 18 heavy (non-hydrogen) atoms. The predicted molar refractivity (Wildman–Crippen MR) is 64.5 cm³/mol. The molecule has 5 nitrogen and oxygen atoms in total. The Morgan fingerprint density at radius 1 is 1.39 bits per heavy atom. The van der Waals surface area contributed by atoms with E-state index in [1.807, 2.05) is 6.92 Å². The maximum absolute atomic E-state index is 12.2. The lowest BCUT2D eigenvalue weighted by atomic mass is 10.1. The van der Waals surface area contributed by atoms with Gasteiger partial charge in [-0.1, -0.05) is 6.07 Å². The van der Waals surface area contributed by atoms with Crippen molar-refractivity contribution in [3.8, 4) is 5.75 Å². The van der Waals surface area contributed by atoms with Crippen LogP contribution < -0.4 is 0 Å². The van der Waals surface area contributed by atoms with Gasteiger partial charge in [0.1, 0.15) is 11.8 Å². The first kappa shape index (κ1) is 12.4. The summed E-state index contributed by atoms with van der Waals surface area (Å²) in [4.78, 5) is 24.5. The van der Waals surface area contributed by atoms with Gasteiger partial charge in [0, 0.05) is 6.54 Å². The second kappa shape index (κ2) is 4.68. The summed E-state index contributed by atoms with van der Waals surface area (Å²) in [6, 6.07) is 3.97. The second-order valence-electron chi connectivity index (χ2n) is 4.52. The van der Waals surface area contributed by atoms with E-state index in [0.29, 0.717) is 19.4 Å². The smallest absolute Gasteiger partial charge is 0.326 e. The largest absolute Gasteiger partial charge is 0.507 e. The van der Waals surface area contributed by atoms with Crippen LogP contribution in [0.4, 0.5) is 0 Å². The van der Waals surface area contributed by atoms with Crippen molar-refractivity contribution in [2.45, 2.75) is 25.8 Å². The van der Waals surface area contributed by atoms with Crippen molar-refractivity contribution in [1.29, 1.82) is 0 Å². The highest BCUT2D eigenvalue weighted by atomic mass is 16.4. The number of likely N-dealkylation sites (tertiary alicyclic amines) is 1. The molecule has 0 unspecified atom stereocenters. The molecule has 96 valence electrons. The minimum atomic E-state index is -0.993. The van der Waals surface area contributed by atoms with Gasteiger partial charge in [-0.3, -0.25) is 4.79 Å². The third kappa shape index (κ3) is 2.16. The van der Waals surface area contributed by atoms with Crippen LogP contribution >= 0.6 is 0 Å². The Kier molecular flexibility index (Phi) is 3.23. The van der Waals surface area contributed by atoms with Crippen LogP contribution in [0.3, 0.4) is 0 Å². The molecule has 1 aliphatic heterocycles. The van der Waals surface area contributed by atoms with Crippen molar-refractivity contribution in [2.75, 3.05) is 6.54 Å². The van der Waals surface area contributed by atoms with Gasteiger partial charge in [-0.2, -0.15) is 0 Å². The van der Waals surface area contributed by atoms with Crippen LogP contribution in [0.2, 0.25) is 0 Å². The van der Waals surface area contributed by atoms with E-state index in [1.54, 1.807) is 6.07 Å². The number of benzene rings is 1. The minimum absolute atomic E-state index is 0.101. The Bertz CT molecular complexity index is 498. The predicted octanol–water partition coefficient (Wildman–Crippen LogP) is 1.39. The van der Waals surface area contributed by atoms with Gasteiger partial charge in [-0.05, 0) is 37.5 Å². The molecule has 1 atom stereocenters. The number of carboxylic acids is 1. The molecule has 1 heterocycles. The molecule has 0 saturated carbocycles. The number of nitrogens with zero attached hydrogens (tertiary/aromatic N) is 1. The van der Waals surface area contributed by atoms with E-state index < -0.39 is 17.9 Å². The summed E-state index contributed by atoms with van der Waals surface area (Å²) < 4.78 is 0. The molecular formula is C13H15NO4. The molecule has 0 spiro atoms. The van der Waals surface area contributed by atoms with Gasteiger partial charge in [-0.25, -0.2) is 4.79 Å². The number of hydrogen-bond acceptors (Lipinski definition) is 3. The summed E-state index contributed by atoms with van der Waals surface area (Å²) in [5, 5.41) is 18.8. The van der Waals surface area contributed by atoms with Crippen LogP contribution in [0.1, 0.15) is 28.8 Å². The molecule has 1 aliphatic rings. The summed E-state index contributed by atoms with van der Waals surface area (Å²) in [6.07, 6.45) is 1.14. The van der Waals surface area contributed by atoms with E-state index >= 15 is 0 Å². The van der Waals surface area contributed by atoms with E-state index in [4.69, 9.17) is 5.11 Å². The monoisotopic (exact) mass is 249 g/mol. The standard InChI is InChI=1S/C13H15NO4/c1-8-4-5-9(11(15)7-8)12(16)14-6-2-3-10(14)13(17)18/h4-5,7,10,15H,2-3,6H2,1H3,(H,17,18)/t10-/m1/s1. The summed E-state index contributed by atoms with van der Waals surface area (Å²) in [7, 11) is 0. The number of aliphatic carboxylic acids is 1. The third-order valence-electron chi connectivity index (χ3n) is 3.18. The SMILES string of the molecule is Cc1ccc(C(=O)N2CCC[C@@H]2C(=O)O)c(O)c1. The number of aryl methyl sites for hydroxylation is 1. The van der Waals surface area contributed by atoms with Crippen LogP contribution in [0.25, 0.3) is 0 Å². The molecule has 1 aromatic rings. The highest BCUT2D eigenvalue weighted by Crippen LogP contribution is 2.25.